The first-order chi connectivity index (χ1) is 5.43. The molecule has 1 aliphatic rings. The fourth-order valence-electron chi connectivity index (χ4n) is 1.79. The normalized spacial score (nSPS) is 19.8. The van der Waals surface area contributed by atoms with E-state index in [0.717, 1.165) is 5.66 Å². The van der Waals surface area contributed by atoms with Crippen LogP contribution in [0.25, 0.3) is 0 Å². The molecule has 0 nitrogen and oxygen atoms in total. The van der Waals surface area contributed by atoms with Gasteiger partial charge < -0.3 is 0 Å². The molecule has 0 N–H and O–H groups in total. The molecule has 1 aliphatic carbocycles. The van der Waals surface area contributed by atoms with Gasteiger partial charge in [-0.25, -0.2) is 0 Å². The van der Waals surface area contributed by atoms with E-state index in [1.807, 2.05) is 0 Å². The molecule has 73 valence electrons. The van der Waals surface area contributed by atoms with E-state index in [1.54, 1.807) is 12.8 Å². The zero-order valence-electron chi connectivity index (χ0n) is 8.73. The summed E-state index contributed by atoms with van der Waals surface area (Å²) in [7, 11) is 1.29. The second-order valence-corrected chi connectivity index (χ2v) is 5.37. The minimum atomic E-state index is 0. The molecule has 0 saturated heterocycles. The predicted molar refractivity (Wildman–Crippen MR) is 64.9 cm³/mol. The van der Waals surface area contributed by atoms with Crippen molar-refractivity contribution >= 4 is 32.5 Å². The molecule has 0 aromatic rings. The molecular formula is C10H24PSn. The summed E-state index contributed by atoms with van der Waals surface area (Å²) >= 11 is 0. The topological polar surface area (TPSA) is 0 Å². The number of hydrogen-bond acceptors (Lipinski definition) is 0. The van der Waals surface area contributed by atoms with Crippen LogP contribution in [-0.4, -0.2) is 35.7 Å². The summed E-state index contributed by atoms with van der Waals surface area (Å²) in [6, 6.07) is 0. The second-order valence-electron chi connectivity index (χ2n) is 3.64. The first-order valence-corrected chi connectivity index (χ1v) is 6.45. The molecule has 1 fully saturated rings. The maximum absolute atomic E-state index is 2.30. The zero-order chi connectivity index (χ0) is 7.94. The standard InChI is InChI=1S/C10H21P.Sn.3H/c1-2-3-9-11-10-7-5-4-6-8-10;;;;/h10-11H,2-9H2,1H3;;;;. The Hall–Kier alpha value is 1.23. The zero-order valence-corrected chi connectivity index (χ0v) is 15.4. The summed E-state index contributed by atoms with van der Waals surface area (Å²) in [6.07, 6.45) is 12.0. The first kappa shape index (κ1) is 13.2. The van der Waals surface area contributed by atoms with Crippen molar-refractivity contribution in [1.29, 1.82) is 0 Å². The van der Waals surface area contributed by atoms with E-state index in [0.29, 0.717) is 0 Å². The van der Waals surface area contributed by atoms with Crippen LogP contribution in [0.3, 0.4) is 0 Å². The van der Waals surface area contributed by atoms with Crippen LogP contribution in [0.1, 0.15) is 51.9 Å². The Morgan fingerprint density at radius 2 is 1.83 bits per heavy atom. The van der Waals surface area contributed by atoms with Crippen LogP contribution >= 0.6 is 8.58 Å². The summed E-state index contributed by atoms with van der Waals surface area (Å²) < 4.78 is 0. The van der Waals surface area contributed by atoms with Crippen molar-refractivity contribution in [1.82, 2.24) is 0 Å². The third-order valence-corrected chi connectivity index (χ3v) is 4.37. The molecule has 0 heterocycles. The van der Waals surface area contributed by atoms with Gasteiger partial charge in [-0.15, -0.1) is 8.58 Å². The Labute approximate surface area is 96.0 Å². The summed E-state index contributed by atoms with van der Waals surface area (Å²) in [5.41, 5.74) is 1.13. The average Bonchev–Trinajstić information content (AvgIpc) is 2.07. The van der Waals surface area contributed by atoms with E-state index < -0.39 is 0 Å². The van der Waals surface area contributed by atoms with Gasteiger partial charge in [0.25, 0.3) is 0 Å². The van der Waals surface area contributed by atoms with Gasteiger partial charge in [-0.2, -0.15) is 0 Å². The molecule has 1 saturated carbocycles. The predicted octanol–water partition coefficient (Wildman–Crippen LogP) is 2.61. The van der Waals surface area contributed by atoms with E-state index in [9.17, 15) is 0 Å². The van der Waals surface area contributed by atoms with Gasteiger partial charge in [0.05, 0.1) is 0 Å². The van der Waals surface area contributed by atoms with Crippen molar-refractivity contribution in [2.75, 3.05) is 6.16 Å². The summed E-state index contributed by atoms with van der Waals surface area (Å²) in [4.78, 5) is 0. The quantitative estimate of drug-likeness (QED) is 0.425. The fourth-order valence-corrected chi connectivity index (χ4v) is 3.57. The van der Waals surface area contributed by atoms with E-state index in [-0.39, 0.29) is 23.9 Å². The molecule has 0 spiro atoms. The van der Waals surface area contributed by atoms with Crippen molar-refractivity contribution in [2.45, 2.75) is 57.5 Å². The molecule has 2 heteroatoms. The Bertz CT molecular complexity index is 89.8. The SMILES string of the molecule is CCCCPC1CCCCC1.[SnH3]. The minimum absolute atomic E-state index is 0. The van der Waals surface area contributed by atoms with Crippen LogP contribution in [0.5, 0.6) is 0 Å². The molecule has 1 rings (SSSR count). The summed E-state index contributed by atoms with van der Waals surface area (Å²) in [5.74, 6) is 0. The monoisotopic (exact) mass is 295 g/mol. The number of rotatable bonds is 4. The molecule has 0 aromatic carbocycles. The molecule has 1 radical (unpaired) electrons. The molecule has 0 amide bonds. The summed E-state index contributed by atoms with van der Waals surface area (Å²) in [6.45, 7) is 2.30. The average molecular weight is 294 g/mol. The Morgan fingerprint density at radius 3 is 2.42 bits per heavy atom. The second kappa shape index (κ2) is 8.81. The van der Waals surface area contributed by atoms with Gasteiger partial charge in [-0.05, 0) is 31.1 Å². The van der Waals surface area contributed by atoms with E-state index in [1.165, 1.54) is 46.8 Å². The fraction of sp³-hybridized carbons (Fsp3) is 1.00. The van der Waals surface area contributed by atoms with Crippen LogP contribution in [0.2, 0.25) is 0 Å². The van der Waals surface area contributed by atoms with E-state index in [2.05, 4.69) is 6.92 Å². The van der Waals surface area contributed by atoms with Crippen molar-refractivity contribution in [3.63, 3.8) is 0 Å². The number of unbranched alkanes of at least 4 members (excludes halogenated alkanes) is 1. The Morgan fingerprint density at radius 1 is 1.17 bits per heavy atom. The van der Waals surface area contributed by atoms with Crippen molar-refractivity contribution in [3.8, 4) is 0 Å². The third-order valence-electron chi connectivity index (χ3n) is 2.57. The molecule has 0 aliphatic heterocycles. The van der Waals surface area contributed by atoms with Gasteiger partial charge in [0, 0.05) is 0 Å². The van der Waals surface area contributed by atoms with Gasteiger partial charge in [-0.3, -0.25) is 0 Å². The maximum atomic E-state index is 2.30. The van der Waals surface area contributed by atoms with Gasteiger partial charge in [0.1, 0.15) is 0 Å². The van der Waals surface area contributed by atoms with Crippen LogP contribution < -0.4 is 0 Å². The Balaban J connectivity index is 0.00000121. The van der Waals surface area contributed by atoms with E-state index >= 15 is 0 Å². The number of hydrogen-bond donors (Lipinski definition) is 0. The Kier molecular flexibility index (Phi) is 9.71. The van der Waals surface area contributed by atoms with Crippen molar-refractivity contribution in [2.24, 2.45) is 0 Å². The molecule has 0 aromatic heterocycles. The van der Waals surface area contributed by atoms with Crippen LogP contribution in [0.15, 0.2) is 0 Å². The van der Waals surface area contributed by atoms with Gasteiger partial charge in [-0.1, -0.05) is 32.6 Å². The van der Waals surface area contributed by atoms with Gasteiger partial charge in [0.15, 0.2) is 0 Å². The third kappa shape index (κ3) is 5.80. The van der Waals surface area contributed by atoms with Crippen molar-refractivity contribution in [3.05, 3.63) is 0 Å². The molecule has 12 heavy (non-hydrogen) atoms. The molecular weight excluding hydrogens is 270 g/mol. The van der Waals surface area contributed by atoms with Gasteiger partial charge in [0.2, 0.25) is 0 Å². The molecule has 1 atom stereocenters. The van der Waals surface area contributed by atoms with Crippen LogP contribution in [-0.2, 0) is 0 Å². The molecule has 1 unspecified atom stereocenters. The summed E-state index contributed by atoms with van der Waals surface area (Å²) in [5, 5.41) is 0. The van der Waals surface area contributed by atoms with Crippen molar-refractivity contribution < 1.29 is 0 Å². The van der Waals surface area contributed by atoms with Crippen LogP contribution in [0.4, 0.5) is 0 Å². The molecule has 0 bridgehead atoms. The van der Waals surface area contributed by atoms with Crippen LogP contribution in [0, 0.1) is 0 Å². The van der Waals surface area contributed by atoms with E-state index in [4.69, 9.17) is 0 Å². The van der Waals surface area contributed by atoms with Gasteiger partial charge >= 0.3 is 23.9 Å². The first-order valence-electron chi connectivity index (χ1n) is 5.17.